The molecule has 12 heterocycles. The van der Waals surface area contributed by atoms with Crippen molar-refractivity contribution in [1.29, 1.82) is 0 Å². The first-order valence-electron chi connectivity index (χ1n) is 33.3. The molecule has 88 heteroatoms. The van der Waals surface area contributed by atoms with Crippen LogP contribution >= 0.6 is 93.9 Å². The summed E-state index contributed by atoms with van der Waals surface area (Å²) in [5.41, 5.74) is 12.7. The molecule has 0 bridgehead atoms. The maximum Gasteiger partial charge on any atom is 0.490 e. The number of rotatable bonds is 32. The molecule has 20 atom stereocenters. The highest BCUT2D eigenvalue weighted by atomic mass is 31.3. The summed E-state index contributed by atoms with van der Waals surface area (Å²) in [4.78, 5) is 186. The molecule has 0 saturated carbocycles. The minimum Gasteiger partial charge on any atom is -0.849 e. The second-order valence-corrected chi connectivity index (χ2v) is 43.3. The number of quaternary nitrogens is 4. The van der Waals surface area contributed by atoms with Gasteiger partial charge in [0, 0.05) is 0 Å². The maximum atomic E-state index is 13.6. The summed E-state index contributed by atoms with van der Waals surface area (Å²) in [6.07, 6.45) is 7.40. The predicted octanol–water partition coefficient (Wildman–Crippen LogP) is -2.85. The first-order chi connectivity index (χ1) is 60.3. The molecule has 8 unspecified atom stereocenters. The molecule has 0 aliphatic carbocycles. The summed E-state index contributed by atoms with van der Waals surface area (Å²) >= 11 is 0. The largest absolute Gasteiger partial charge is 0.849 e. The van der Waals surface area contributed by atoms with Crippen LogP contribution in [0.1, 0.15) is 50.6 Å². The highest BCUT2D eigenvalue weighted by molar-refractivity contribution is 7.68. The Morgan fingerprint density at radius 2 is 0.485 bits per heavy atom. The number of hydrogen-bond donors (Lipinski definition) is 24. The fourth-order valence-corrected chi connectivity index (χ4v) is 23.4. The van der Waals surface area contributed by atoms with Gasteiger partial charge in [0.15, 0.2) is 67.9 Å². The molecule has 72 nitrogen and oxygen atoms in total. The molecule has 40 N–H and O–H groups in total. The van der Waals surface area contributed by atoms with Crippen molar-refractivity contribution < 1.29 is 243 Å². The Kier molecular flexibility index (Phi) is 38.1. The van der Waals surface area contributed by atoms with E-state index in [4.69, 9.17) is 107 Å². The average Bonchev–Trinajstić information content (AvgIpc) is 1.62. The number of nitrogens with two attached hydrogens (primary N) is 4. The summed E-state index contributed by atoms with van der Waals surface area (Å²) in [5.74, 6) is 6.70. The minimum absolute atomic E-state index is 0. The van der Waals surface area contributed by atoms with Crippen LogP contribution in [0.3, 0.4) is 0 Å². The predicted molar refractivity (Wildman–Crippen MR) is 422 cm³/mol. The van der Waals surface area contributed by atoms with E-state index in [1.807, 2.05) is 23.7 Å². The zero-order valence-electron chi connectivity index (χ0n) is 67.5. The van der Waals surface area contributed by atoms with Gasteiger partial charge in [0.05, 0.1) is 51.7 Å². The van der Waals surface area contributed by atoms with Gasteiger partial charge >= 0.3 is 118 Å². The topological polar surface area (TPSA) is 1190 Å². The standard InChI is InChI=1S/4C12H14FN5O12P3.4H3N/c4*1-2-12(4-27-32(23,24)30-33(25,26)29-31(20,21)22)6(19)3-7(28-12)18-5-15-8-9(14)16-11(13)17-10(8)18;;;;/h4*1,5-7H,3-4H2,(H,23,24)(H,25,26)(H2,14,16,17)(H2,20,21,22);4*1H3/q4*-1;;;;/p+4/t4*6-,7+,12+;;;;/m0000..../s1. The Morgan fingerprint density at radius 1 is 0.324 bits per heavy atom. The Balaban J connectivity index is 0.000000317. The number of nitrogens with zero attached hydrogens (tertiary/aromatic N) is 16. The summed E-state index contributed by atoms with van der Waals surface area (Å²) in [7, 11) is -67.8. The van der Waals surface area contributed by atoms with Crippen LogP contribution in [0.25, 0.3) is 44.7 Å². The Labute approximate surface area is 750 Å². The number of halogens is 4. The van der Waals surface area contributed by atoms with Crippen LogP contribution in [-0.2, 0) is 126 Å². The molecule has 8 aromatic heterocycles. The number of terminal acetylenes is 4. The van der Waals surface area contributed by atoms with E-state index in [-0.39, 0.29) is 118 Å². The highest BCUT2D eigenvalue weighted by Crippen LogP contribution is 2.70. The number of imidazole rings is 4. The van der Waals surface area contributed by atoms with Gasteiger partial charge in [-0.05, 0) is 25.7 Å². The number of phosphoric acid groups is 12. The van der Waals surface area contributed by atoms with E-state index in [2.05, 4.69) is 112 Å². The SMILES string of the molecule is C#C[C@]1(COP(=O)(O)OP(=O)(O)OP(=O)(O)O)O[C@@H](n2cnc3c(N)nc(F)nc32)C[C@@H]1[O-].C#C[C@]1(COP(=O)(O)OP(=O)(O)OP(=O)(O)O)O[C@@H](n2cnc3c(N)nc(F)nc32)C[C@@H]1[O-].C#C[C@]1(COP(=O)(O)OP(=O)(O)OP(=O)(O)O)O[C@@H](n2cnc3c(N)nc(F)nc32)C[C@@H]1[O-].C#C[C@]1(COP(=O)(O)OP(=O)(O)OP(=O)(O)O)O[C@@H](n2cnc3c(N)nc(F)nc32)C[C@@H]1[O-].[NH4+].[NH4+].[NH4+].[NH4+]. The molecule has 4 aliphatic rings. The lowest BCUT2D eigenvalue weighted by molar-refractivity contribution is -0.436. The van der Waals surface area contributed by atoms with E-state index >= 15 is 0 Å². The van der Waals surface area contributed by atoms with Gasteiger partial charge in [-0.2, -0.15) is 91.9 Å². The number of ether oxygens (including phenoxy) is 4. The molecule has 136 heavy (non-hydrogen) atoms. The van der Waals surface area contributed by atoms with E-state index in [1.54, 1.807) is 0 Å². The van der Waals surface area contributed by atoms with Crippen LogP contribution in [0.4, 0.5) is 40.8 Å². The lowest BCUT2D eigenvalue weighted by Crippen LogP contribution is -2.49. The molecule has 12 rings (SSSR count). The molecule has 4 aliphatic heterocycles. The molecule has 4 fully saturated rings. The first kappa shape index (κ1) is 119. The summed E-state index contributed by atoms with van der Waals surface area (Å²) in [5, 5.41) is 50.5. The van der Waals surface area contributed by atoms with E-state index in [9.17, 15) is 132 Å². The van der Waals surface area contributed by atoms with E-state index in [1.165, 1.54) is 0 Å². The number of anilines is 4. The van der Waals surface area contributed by atoms with Crippen molar-refractivity contribution >= 4 is 162 Å². The van der Waals surface area contributed by atoms with Crippen molar-refractivity contribution in [1.82, 2.24) is 103 Å². The van der Waals surface area contributed by atoms with Crippen LogP contribution in [0.5, 0.6) is 0 Å². The Bertz CT molecular complexity index is 5820. The molecular weight excluding hydrogens is 2130 g/mol. The summed E-state index contributed by atoms with van der Waals surface area (Å²) in [6.45, 7) is -4.68. The third-order valence-corrected chi connectivity index (χ3v) is 31.6. The fourth-order valence-electron chi connectivity index (χ4n) is 11.2. The molecule has 4 saturated heterocycles. The van der Waals surface area contributed by atoms with Crippen molar-refractivity contribution in [3.05, 3.63) is 49.6 Å². The summed E-state index contributed by atoms with van der Waals surface area (Å²) < 4.78 is 263. The molecular formula is C48H72F4N24O48P12. The molecule has 760 valence electrons. The fraction of sp³-hybridized carbons (Fsp3) is 0.417. The second-order valence-electron chi connectivity index (χ2n) is 25.6. The number of phosphoric ester groups is 4. The van der Waals surface area contributed by atoms with Crippen molar-refractivity contribution in [3.8, 4) is 49.4 Å². The third kappa shape index (κ3) is 30.3. The van der Waals surface area contributed by atoms with Gasteiger partial charge in [0.1, 0.15) is 47.3 Å². The molecule has 0 amide bonds. The monoisotopic (exact) mass is 2200 g/mol. The van der Waals surface area contributed by atoms with Gasteiger partial charge in [0.25, 0.3) is 0 Å². The molecule has 0 radical (unpaired) electrons. The lowest BCUT2D eigenvalue weighted by atomic mass is 9.99. The van der Waals surface area contributed by atoms with Crippen molar-refractivity contribution in [2.75, 3.05) is 49.4 Å². The van der Waals surface area contributed by atoms with Crippen molar-refractivity contribution in [3.63, 3.8) is 0 Å². The molecule has 8 aromatic rings. The molecule has 0 aromatic carbocycles. The van der Waals surface area contributed by atoms with Crippen LogP contribution in [0, 0.1) is 73.7 Å². The quantitative estimate of drug-likeness (QED) is 0.00873. The van der Waals surface area contributed by atoms with E-state index in [0.717, 1.165) is 43.6 Å². The summed E-state index contributed by atoms with van der Waals surface area (Å²) in [6, 6.07) is 0. The zero-order valence-corrected chi connectivity index (χ0v) is 78.2. The van der Waals surface area contributed by atoms with Gasteiger partial charge in [-0.15, -0.1) is 25.7 Å². The van der Waals surface area contributed by atoms with Gasteiger partial charge in [-0.25, -0.2) is 74.7 Å². The van der Waals surface area contributed by atoms with Gasteiger partial charge in [0.2, 0.25) is 0 Å². The van der Waals surface area contributed by atoms with Crippen molar-refractivity contribution in [2.24, 2.45) is 0 Å². The highest BCUT2D eigenvalue weighted by Gasteiger charge is 2.53. The van der Waals surface area contributed by atoms with Crippen LogP contribution in [0.2, 0.25) is 0 Å². The minimum atomic E-state index is -5.78. The number of nitrogen functional groups attached to an aromatic ring is 4. The van der Waals surface area contributed by atoms with Crippen LogP contribution in [0.15, 0.2) is 25.3 Å². The number of aromatic nitrogens is 16. The maximum absolute atomic E-state index is 13.6. The lowest BCUT2D eigenvalue weighted by Gasteiger charge is -2.33. The number of fused-ring (bicyclic) bond motifs is 4. The van der Waals surface area contributed by atoms with Gasteiger partial charge < -0.3 is 165 Å². The van der Waals surface area contributed by atoms with Gasteiger partial charge in [-0.1, -0.05) is 48.1 Å². The van der Waals surface area contributed by atoms with E-state index < -0.39 is 216 Å². The van der Waals surface area contributed by atoms with Crippen LogP contribution in [-0.4, -0.2) is 230 Å². The average molecular weight is 2200 g/mol. The second kappa shape index (κ2) is 43.5. The van der Waals surface area contributed by atoms with E-state index in [0.29, 0.717) is 0 Å². The first-order valence-corrected chi connectivity index (χ1v) is 51.3. The Hall–Kier alpha value is -7.48. The molecule has 0 spiro atoms. The third-order valence-electron chi connectivity index (χ3n) is 16.5. The normalized spacial score (nSPS) is 26.4. The zero-order chi connectivity index (χ0) is 99.3. The van der Waals surface area contributed by atoms with Gasteiger partial charge in [-0.3, -0.25) is 36.4 Å². The van der Waals surface area contributed by atoms with Crippen LogP contribution < -0.4 is 68.0 Å². The Morgan fingerprint density at radius 3 is 0.632 bits per heavy atom. The van der Waals surface area contributed by atoms with Crippen molar-refractivity contribution in [2.45, 2.75) is 97.4 Å². The smallest absolute Gasteiger partial charge is 0.490 e. The number of hydrogen-bond acceptors (Lipinski definition) is 48.